The van der Waals surface area contributed by atoms with E-state index in [0.717, 1.165) is 25.7 Å². The first kappa shape index (κ1) is 27.4. The van der Waals surface area contributed by atoms with Crippen molar-refractivity contribution in [2.24, 2.45) is 0 Å². The van der Waals surface area contributed by atoms with Gasteiger partial charge in [-0.2, -0.15) is 0 Å². The second-order valence-electron chi connectivity index (χ2n) is 7.69. The summed E-state index contributed by atoms with van der Waals surface area (Å²) < 4.78 is 4.52. The number of rotatable bonds is 20. The lowest BCUT2D eigenvalue weighted by atomic mass is 10.1. The zero-order valence-electron chi connectivity index (χ0n) is 18.8. The molecule has 0 radical (unpaired) electrons. The molecule has 0 aliphatic heterocycles. The molecule has 0 rings (SSSR count). The van der Waals surface area contributed by atoms with Gasteiger partial charge in [-0.15, -0.1) is 0 Å². The van der Waals surface area contributed by atoms with Crippen LogP contribution in [0.2, 0.25) is 0 Å². The molecule has 0 spiro atoms. The minimum Gasteiger partial charge on any atom is -0.469 e. The number of amides is 1. The second-order valence-corrected chi connectivity index (χ2v) is 7.69. The molecule has 0 aromatic rings. The molecule has 0 saturated heterocycles. The van der Waals surface area contributed by atoms with Crippen LogP contribution in [0.15, 0.2) is 12.2 Å². The van der Waals surface area contributed by atoms with Gasteiger partial charge in [0.05, 0.1) is 7.11 Å². The summed E-state index contributed by atoms with van der Waals surface area (Å²) in [4.78, 5) is 34.4. The fourth-order valence-electron chi connectivity index (χ4n) is 3.11. The third-order valence-electron chi connectivity index (χ3n) is 4.99. The Morgan fingerprint density at radius 2 is 1.28 bits per heavy atom. The minimum absolute atomic E-state index is 0.249. The molecule has 0 aromatic heterocycles. The van der Waals surface area contributed by atoms with Crippen molar-refractivity contribution >= 4 is 17.7 Å². The molecule has 0 bridgehead atoms. The fourth-order valence-corrected chi connectivity index (χ4v) is 3.11. The SMILES string of the molecule is CCCCCCCC/C=C/CCCCCCCC(=O)C(=O)NCCCC(=O)OC. The van der Waals surface area contributed by atoms with Gasteiger partial charge in [0.25, 0.3) is 5.91 Å². The largest absolute Gasteiger partial charge is 0.469 e. The van der Waals surface area contributed by atoms with Crippen molar-refractivity contribution in [3.8, 4) is 0 Å². The molecule has 29 heavy (non-hydrogen) atoms. The highest BCUT2D eigenvalue weighted by molar-refractivity contribution is 6.36. The Kier molecular flexibility index (Phi) is 19.9. The van der Waals surface area contributed by atoms with Gasteiger partial charge in [0, 0.05) is 19.4 Å². The summed E-state index contributed by atoms with van der Waals surface area (Å²) in [7, 11) is 1.33. The number of hydrogen-bond donors (Lipinski definition) is 1. The molecule has 0 aliphatic rings. The topological polar surface area (TPSA) is 72.5 Å². The van der Waals surface area contributed by atoms with E-state index in [4.69, 9.17) is 0 Å². The molecule has 1 amide bonds. The molecule has 0 aromatic carbocycles. The molecule has 5 nitrogen and oxygen atoms in total. The lowest BCUT2D eigenvalue weighted by Gasteiger charge is -2.04. The van der Waals surface area contributed by atoms with E-state index in [0.29, 0.717) is 19.4 Å². The molecule has 0 fully saturated rings. The number of methoxy groups -OCH3 is 1. The summed E-state index contributed by atoms with van der Waals surface area (Å²) in [6.45, 7) is 2.58. The highest BCUT2D eigenvalue weighted by Crippen LogP contribution is 2.10. The van der Waals surface area contributed by atoms with E-state index in [1.807, 2.05) is 0 Å². The van der Waals surface area contributed by atoms with Crippen LogP contribution in [-0.2, 0) is 19.1 Å². The standard InChI is InChI=1S/C24H43NO4/c1-3-4-5-6-7-8-9-10-11-12-13-14-15-16-17-19-22(26)24(28)25-21-18-20-23(27)29-2/h10-11H,3-9,12-21H2,1-2H3,(H,25,28)/b11-10+. The number of ether oxygens (including phenoxy) is 1. The fraction of sp³-hybridized carbons (Fsp3) is 0.792. The average Bonchev–Trinajstić information content (AvgIpc) is 2.73. The van der Waals surface area contributed by atoms with E-state index in [-0.39, 0.29) is 18.2 Å². The number of carbonyl (C=O) groups is 3. The van der Waals surface area contributed by atoms with E-state index >= 15 is 0 Å². The number of unbranched alkanes of at least 4 members (excludes halogenated alkanes) is 11. The van der Waals surface area contributed by atoms with Crippen LogP contribution >= 0.6 is 0 Å². The first-order valence-corrected chi connectivity index (χ1v) is 11.6. The van der Waals surface area contributed by atoms with Gasteiger partial charge >= 0.3 is 5.97 Å². The molecule has 0 saturated carbocycles. The predicted molar refractivity (Wildman–Crippen MR) is 119 cm³/mol. The van der Waals surface area contributed by atoms with E-state index < -0.39 is 5.91 Å². The molecule has 0 atom stereocenters. The zero-order valence-corrected chi connectivity index (χ0v) is 18.8. The highest BCUT2D eigenvalue weighted by Gasteiger charge is 2.12. The second kappa shape index (κ2) is 21.1. The normalized spacial score (nSPS) is 11.0. The maximum absolute atomic E-state index is 11.7. The molecular weight excluding hydrogens is 366 g/mol. The van der Waals surface area contributed by atoms with Crippen LogP contribution in [0.4, 0.5) is 0 Å². The predicted octanol–water partition coefficient (Wildman–Crippen LogP) is 5.66. The number of allylic oxidation sites excluding steroid dienone is 2. The van der Waals surface area contributed by atoms with Crippen LogP contribution in [0.3, 0.4) is 0 Å². The van der Waals surface area contributed by atoms with Gasteiger partial charge in [-0.25, -0.2) is 0 Å². The van der Waals surface area contributed by atoms with Crippen LogP contribution in [0.5, 0.6) is 0 Å². The van der Waals surface area contributed by atoms with Crippen molar-refractivity contribution in [2.45, 2.75) is 110 Å². The van der Waals surface area contributed by atoms with Gasteiger partial charge in [0.15, 0.2) is 0 Å². The van der Waals surface area contributed by atoms with E-state index in [1.54, 1.807) is 0 Å². The van der Waals surface area contributed by atoms with Crippen molar-refractivity contribution in [1.29, 1.82) is 0 Å². The van der Waals surface area contributed by atoms with Gasteiger partial charge in [-0.1, -0.05) is 70.4 Å². The number of carbonyl (C=O) groups excluding carboxylic acids is 3. The zero-order chi connectivity index (χ0) is 21.6. The van der Waals surface area contributed by atoms with Crippen molar-refractivity contribution in [3.05, 3.63) is 12.2 Å². The van der Waals surface area contributed by atoms with E-state index in [1.165, 1.54) is 64.9 Å². The molecule has 0 aliphatic carbocycles. The number of Topliss-reactive ketones (excluding diaryl/α,β-unsaturated/α-hetero) is 1. The maximum Gasteiger partial charge on any atom is 0.305 e. The summed E-state index contributed by atoms with van der Waals surface area (Å²) in [5.74, 6) is -1.20. The Hall–Kier alpha value is -1.65. The lowest BCUT2D eigenvalue weighted by molar-refractivity contribution is -0.141. The minimum atomic E-state index is -0.537. The third kappa shape index (κ3) is 19.4. The first-order chi connectivity index (χ1) is 14.1. The quantitative estimate of drug-likeness (QED) is 0.122. The summed E-state index contributed by atoms with van der Waals surface area (Å²) in [5.41, 5.74) is 0. The van der Waals surface area contributed by atoms with Crippen LogP contribution in [0.25, 0.3) is 0 Å². The number of esters is 1. The van der Waals surface area contributed by atoms with E-state index in [2.05, 4.69) is 29.1 Å². The van der Waals surface area contributed by atoms with Gasteiger partial charge in [-0.05, 0) is 38.5 Å². The third-order valence-corrected chi connectivity index (χ3v) is 4.99. The summed E-state index contributed by atoms with van der Waals surface area (Å²) in [5, 5.41) is 2.56. The maximum atomic E-state index is 11.7. The number of hydrogen-bond acceptors (Lipinski definition) is 4. The van der Waals surface area contributed by atoms with Crippen molar-refractivity contribution in [2.75, 3.05) is 13.7 Å². The first-order valence-electron chi connectivity index (χ1n) is 11.6. The van der Waals surface area contributed by atoms with Crippen LogP contribution < -0.4 is 5.32 Å². The van der Waals surface area contributed by atoms with Crippen LogP contribution in [-0.4, -0.2) is 31.3 Å². The molecule has 1 N–H and O–H groups in total. The Morgan fingerprint density at radius 1 is 0.724 bits per heavy atom. The summed E-state index contributed by atoms with van der Waals surface area (Å²) in [6, 6.07) is 0. The smallest absolute Gasteiger partial charge is 0.305 e. The van der Waals surface area contributed by atoms with Gasteiger partial charge in [0.2, 0.25) is 5.78 Å². The van der Waals surface area contributed by atoms with Gasteiger partial charge in [0.1, 0.15) is 0 Å². The molecule has 168 valence electrons. The highest BCUT2D eigenvalue weighted by atomic mass is 16.5. The Morgan fingerprint density at radius 3 is 1.86 bits per heavy atom. The summed E-state index contributed by atoms with van der Waals surface area (Å²) in [6.07, 6.45) is 21.4. The Labute approximate surface area is 178 Å². The molecular formula is C24H43NO4. The number of ketones is 1. The van der Waals surface area contributed by atoms with Gasteiger partial charge in [-0.3, -0.25) is 14.4 Å². The van der Waals surface area contributed by atoms with Crippen molar-refractivity contribution in [1.82, 2.24) is 5.32 Å². The van der Waals surface area contributed by atoms with Crippen molar-refractivity contribution < 1.29 is 19.1 Å². The molecule has 0 unspecified atom stereocenters. The summed E-state index contributed by atoms with van der Waals surface area (Å²) >= 11 is 0. The Bertz CT molecular complexity index is 460. The average molecular weight is 410 g/mol. The molecule has 0 heterocycles. The monoisotopic (exact) mass is 409 g/mol. The van der Waals surface area contributed by atoms with Crippen LogP contribution in [0, 0.1) is 0 Å². The molecule has 5 heteroatoms. The number of nitrogens with one attached hydrogen (secondary N) is 1. The Balaban J connectivity index is 3.40. The van der Waals surface area contributed by atoms with Gasteiger partial charge < -0.3 is 10.1 Å². The lowest BCUT2D eigenvalue weighted by Crippen LogP contribution is -2.31. The van der Waals surface area contributed by atoms with Crippen molar-refractivity contribution in [3.63, 3.8) is 0 Å². The van der Waals surface area contributed by atoms with E-state index in [9.17, 15) is 14.4 Å². The van der Waals surface area contributed by atoms with Crippen LogP contribution in [0.1, 0.15) is 110 Å².